The summed E-state index contributed by atoms with van der Waals surface area (Å²) >= 11 is 5.90. The van der Waals surface area contributed by atoms with Gasteiger partial charge in [-0.05, 0) is 80.1 Å². The van der Waals surface area contributed by atoms with E-state index in [0.29, 0.717) is 29.3 Å². The molecule has 0 spiro atoms. The molecule has 0 saturated carbocycles. The van der Waals surface area contributed by atoms with Gasteiger partial charge in [0.15, 0.2) is 0 Å². The standard InChI is InChI=1S/C28H32ClN5O/c29-26-17-23(10-16-31-26)28(35)33-18-20-6-8-21(9-7-20)19-34(24-11-14-30-15-12-24)25-5-1-3-22-4-2-13-32-27(22)25/h2,4,6-10,13,16-17,24-25,30H,1,3,5,11-12,14-15,18-19H2,(H,33,35). The minimum absolute atomic E-state index is 0.154. The smallest absolute Gasteiger partial charge is 0.251 e. The molecule has 1 saturated heterocycles. The lowest BCUT2D eigenvalue weighted by Crippen LogP contribution is -2.45. The number of carbonyl (C=O) groups excluding carboxylic acids is 1. The SMILES string of the molecule is O=C(NCc1ccc(CN(C2CCNCC2)C2CCCc3cccnc32)cc1)c1ccnc(Cl)c1. The van der Waals surface area contributed by atoms with Crippen molar-refractivity contribution in [3.63, 3.8) is 0 Å². The van der Waals surface area contributed by atoms with Gasteiger partial charge in [0.1, 0.15) is 5.15 Å². The van der Waals surface area contributed by atoms with Crippen LogP contribution >= 0.6 is 11.6 Å². The molecular formula is C28H32ClN5O. The van der Waals surface area contributed by atoms with E-state index < -0.39 is 0 Å². The summed E-state index contributed by atoms with van der Waals surface area (Å²) in [5, 5.41) is 6.80. The second-order valence-electron chi connectivity index (χ2n) is 9.48. The highest BCUT2D eigenvalue weighted by atomic mass is 35.5. The average molecular weight is 490 g/mol. The van der Waals surface area contributed by atoms with E-state index in [-0.39, 0.29) is 5.91 Å². The molecule has 1 unspecified atom stereocenters. The zero-order valence-corrected chi connectivity index (χ0v) is 20.7. The zero-order valence-electron chi connectivity index (χ0n) is 19.9. The van der Waals surface area contributed by atoms with Crippen LogP contribution in [0.1, 0.15) is 64.5 Å². The largest absolute Gasteiger partial charge is 0.348 e. The molecule has 1 atom stereocenters. The van der Waals surface area contributed by atoms with E-state index in [0.717, 1.165) is 38.0 Å². The first kappa shape index (κ1) is 23.9. The molecule has 2 aliphatic rings. The van der Waals surface area contributed by atoms with Gasteiger partial charge in [-0.1, -0.05) is 41.9 Å². The molecule has 7 heteroatoms. The van der Waals surface area contributed by atoms with Gasteiger partial charge >= 0.3 is 0 Å². The highest BCUT2D eigenvalue weighted by Crippen LogP contribution is 2.36. The molecule has 2 N–H and O–H groups in total. The average Bonchev–Trinajstić information content (AvgIpc) is 2.91. The number of nitrogens with one attached hydrogen (secondary N) is 2. The van der Waals surface area contributed by atoms with Crippen LogP contribution in [0.25, 0.3) is 0 Å². The number of nitrogens with zero attached hydrogens (tertiary/aromatic N) is 3. The summed E-state index contributed by atoms with van der Waals surface area (Å²) in [5.74, 6) is -0.154. The van der Waals surface area contributed by atoms with E-state index in [2.05, 4.69) is 56.9 Å². The number of fused-ring (bicyclic) bond motifs is 1. The van der Waals surface area contributed by atoms with E-state index in [1.54, 1.807) is 18.3 Å². The van der Waals surface area contributed by atoms with Crippen LogP contribution in [0, 0.1) is 0 Å². The minimum Gasteiger partial charge on any atom is -0.348 e. The number of aromatic nitrogens is 2. The summed E-state index contributed by atoms with van der Waals surface area (Å²) < 4.78 is 0. The number of hydrogen-bond donors (Lipinski definition) is 2. The fourth-order valence-electron chi connectivity index (χ4n) is 5.34. The van der Waals surface area contributed by atoms with Crippen molar-refractivity contribution in [3.8, 4) is 0 Å². The summed E-state index contributed by atoms with van der Waals surface area (Å²) in [5.41, 5.74) is 5.56. The van der Waals surface area contributed by atoms with E-state index >= 15 is 0 Å². The van der Waals surface area contributed by atoms with E-state index in [1.807, 2.05) is 6.20 Å². The van der Waals surface area contributed by atoms with Crippen molar-refractivity contribution in [1.82, 2.24) is 25.5 Å². The molecule has 182 valence electrons. The van der Waals surface area contributed by atoms with Crippen LogP contribution in [-0.4, -0.2) is 39.9 Å². The molecule has 35 heavy (non-hydrogen) atoms. The lowest BCUT2D eigenvalue weighted by Gasteiger charge is -2.42. The molecule has 0 bridgehead atoms. The van der Waals surface area contributed by atoms with Crippen LogP contribution in [0.5, 0.6) is 0 Å². The lowest BCUT2D eigenvalue weighted by atomic mass is 9.88. The Bertz CT molecular complexity index is 1150. The van der Waals surface area contributed by atoms with Crippen molar-refractivity contribution in [2.45, 2.75) is 57.3 Å². The van der Waals surface area contributed by atoms with Gasteiger partial charge in [0.25, 0.3) is 5.91 Å². The Morgan fingerprint density at radius 1 is 1.03 bits per heavy atom. The van der Waals surface area contributed by atoms with Gasteiger partial charge in [-0.2, -0.15) is 0 Å². The van der Waals surface area contributed by atoms with E-state index in [9.17, 15) is 4.79 Å². The number of pyridine rings is 2. The maximum absolute atomic E-state index is 12.4. The van der Waals surface area contributed by atoms with Gasteiger partial charge in [0.2, 0.25) is 0 Å². The molecule has 1 amide bonds. The Labute approximate surface area is 212 Å². The maximum Gasteiger partial charge on any atom is 0.251 e. The molecule has 0 radical (unpaired) electrons. The summed E-state index contributed by atoms with van der Waals surface area (Å²) in [6.45, 7) is 3.53. The first-order valence-electron chi connectivity index (χ1n) is 12.6. The predicted molar refractivity (Wildman–Crippen MR) is 138 cm³/mol. The Kier molecular flexibility index (Phi) is 7.72. The number of hydrogen-bond acceptors (Lipinski definition) is 5. The van der Waals surface area contributed by atoms with Crippen molar-refractivity contribution in [3.05, 3.63) is 94.0 Å². The summed E-state index contributed by atoms with van der Waals surface area (Å²) in [4.78, 5) is 23.9. The van der Waals surface area contributed by atoms with Gasteiger partial charge < -0.3 is 10.6 Å². The van der Waals surface area contributed by atoms with Gasteiger partial charge in [-0.3, -0.25) is 14.7 Å². The Hall–Kier alpha value is -2.80. The molecule has 3 aromatic rings. The van der Waals surface area contributed by atoms with Crippen molar-refractivity contribution in [2.75, 3.05) is 13.1 Å². The maximum atomic E-state index is 12.4. The molecule has 1 aliphatic heterocycles. The Morgan fingerprint density at radius 3 is 2.63 bits per heavy atom. The van der Waals surface area contributed by atoms with Crippen LogP contribution in [0.3, 0.4) is 0 Å². The second-order valence-corrected chi connectivity index (χ2v) is 9.86. The monoisotopic (exact) mass is 489 g/mol. The molecule has 5 rings (SSSR count). The third-order valence-corrected chi connectivity index (χ3v) is 7.38. The van der Waals surface area contributed by atoms with Crippen molar-refractivity contribution < 1.29 is 4.79 Å². The van der Waals surface area contributed by atoms with Crippen LogP contribution < -0.4 is 10.6 Å². The number of aryl methyl sites for hydroxylation is 1. The number of carbonyl (C=O) groups is 1. The predicted octanol–water partition coefficient (Wildman–Crippen LogP) is 4.69. The summed E-state index contributed by atoms with van der Waals surface area (Å²) in [6, 6.07) is 17.1. The molecule has 1 fully saturated rings. The van der Waals surface area contributed by atoms with Gasteiger partial charge in [0.05, 0.1) is 11.7 Å². The summed E-state index contributed by atoms with van der Waals surface area (Å²) in [7, 11) is 0. The van der Waals surface area contributed by atoms with Crippen molar-refractivity contribution in [1.29, 1.82) is 0 Å². The number of benzene rings is 1. The normalized spacial score (nSPS) is 18.3. The molecule has 3 heterocycles. The highest BCUT2D eigenvalue weighted by Gasteiger charge is 2.32. The first-order chi connectivity index (χ1) is 17.2. The van der Waals surface area contributed by atoms with E-state index in [1.165, 1.54) is 36.1 Å². The Morgan fingerprint density at radius 2 is 1.83 bits per heavy atom. The van der Waals surface area contributed by atoms with Gasteiger partial charge in [-0.15, -0.1) is 0 Å². The number of halogens is 1. The summed E-state index contributed by atoms with van der Waals surface area (Å²) in [6.07, 6.45) is 9.33. The van der Waals surface area contributed by atoms with E-state index in [4.69, 9.17) is 16.6 Å². The van der Waals surface area contributed by atoms with Gasteiger partial charge in [0, 0.05) is 37.1 Å². The zero-order chi connectivity index (χ0) is 24.0. The Balaban J connectivity index is 1.28. The fraction of sp³-hybridized carbons (Fsp3) is 0.393. The fourth-order valence-corrected chi connectivity index (χ4v) is 5.52. The third kappa shape index (κ3) is 5.89. The van der Waals surface area contributed by atoms with Crippen LogP contribution in [0.4, 0.5) is 0 Å². The van der Waals surface area contributed by atoms with Crippen LogP contribution in [0.2, 0.25) is 5.15 Å². The van der Waals surface area contributed by atoms with Crippen LogP contribution in [0.15, 0.2) is 60.9 Å². The number of amides is 1. The lowest BCUT2D eigenvalue weighted by molar-refractivity contribution is 0.0861. The quantitative estimate of drug-likeness (QED) is 0.471. The first-order valence-corrected chi connectivity index (χ1v) is 12.9. The number of piperidine rings is 1. The molecule has 6 nitrogen and oxygen atoms in total. The third-order valence-electron chi connectivity index (χ3n) is 7.17. The molecule has 1 aliphatic carbocycles. The molecule has 1 aromatic carbocycles. The van der Waals surface area contributed by atoms with Crippen LogP contribution in [-0.2, 0) is 19.5 Å². The molecular weight excluding hydrogens is 458 g/mol. The van der Waals surface area contributed by atoms with Gasteiger partial charge in [-0.25, -0.2) is 4.98 Å². The minimum atomic E-state index is -0.154. The second kappa shape index (κ2) is 11.3. The number of rotatable bonds is 7. The molecule has 2 aromatic heterocycles. The van der Waals surface area contributed by atoms with Crippen molar-refractivity contribution in [2.24, 2.45) is 0 Å². The topological polar surface area (TPSA) is 70.2 Å². The van der Waals surface area contributed by atoms with Crippen molar-refractivity contribution >= 4 is 17.5 Å². The highest BCUT2D eigenvalue weighted by molar-refractivity contribution is 6.29.